The fourth-order valence-electron chi connectivity index (χ4n) is 2.82. The zero-order valence-electron chi connectivity index (χ0n) is 11.6. The number of benzene rings is 1. The average Bonchev–Trinajstić information content (AvgIpc) is 2.82. The summed E-state index contributed by atoms with van der Waals surface area (Å²) in [6.07, 6.45) is 5.70. The molecule has 2 rings (SSSR count). The molecule has 2 heteroatoms. The molecular formula is C16H25NS. The fraction of sp³-hybridized carbons (Fsp3) is 0.625. The molecule has 0 bridgehead atoms. The maximum absolute atomic E-state index is 6.18. The topological polar surface area (TPSA) is 26.0 Å². The monoisotopic (exact) mass is 263 g/mol. The second-order valence-electron chi connectivity index (χ2n) is 5.68. The summed E-state index contributed by atoms with van der Waals surface area (Å²) in [4.78, 5) is 0. The zero-order valence-corrected chi connectivity index (χ0v) is 12.4. The van der Waals surface area contributed by atoms with Gasteiger partial charge in [-0.15, -0.1) is 0 Å². The Morgan fingerprint density at radius 1 is 1.33 bits per heavy atom. The quantitative estimate of drug-likeness (QED) is 0.857. The van der Waals surface area contributed by atoms with Gasteiger partial charge in [0, 0.05) is 11.3 Å². The van der Waals surface area contributed by atoms with Crippen LogP contribution < -0.4 is 5.73 Å². The Morgan fingerprint density at radius 3 is 2.67 bits per heavy atom. The highest BCUT2D eigenvalue weighted by Crippen LogP contribution is 2.36. The lowest BCUT2D eigenvalue weighted by Gasteiger charge is -2.23. The van der Waals surface area contributed by atoms with Crippen molar-refractivity contribution in [3.8, 4) is 0 Å². The predicted octanol–water partition coefficient (Wildman–Crippen LogP) is 4.31. The Hall–Kier alpha value is -0.470. The standard InChI is InChI=1S/C16H25NS/c1-12-6-5-9-15(10-12)16(13(2)17)18-11-14-7-3-4-8-14/h5-6,9-10,13-14,16H,3-4,7-8,11,17H2,1-2H3. The molecule has 0 aliphatic heterocycles. The zero-order chi connectivity index (χ0) is 13.0. The second-order valence-corrected chi connectivity index (χ2v) is 6.85. The summed E-state index contributed by atoms with van der Waals surface area (Å²) in [6, 6.07) is 9.04. The maximum Gasteiger partial charge on any atom is 0.0445 e. The van der Waals surface area contributed by atoms with E-state index in [4.69, 9.17) is 5.73 Å². The molecule has 18 heavy (non-hydrogen) atoms. The van der Waals surface area contributed by atoms with E-state index in [1.54, 1.807) is 0 Å². The van der Waals surface area contributed by atoms with Gasteiger partial charge in [-0.3, -0.25) is 0 Å². The molecule has 2 N–H and O–H groups in total. The van der Waals surface area contributed by atoms with E-state index in [-0.39, 0.29) is 6.04 Å². The van der Waals surface area contributed by atoms with E-state index >= 15 is 0 Å². The molecule has 2 atom stereocenters. The van der Waals surface area contributed by atoms with Crippen LogP contribution in [-0.2, 0) is 0 Å². The Balaban J connectivity index is 1.99. The first-order valence-corrected chi connectivity index (χ1v) is 8.15. The first kappa shape index (κ1) is 14.0. The van der Waals surface area contributed by atoms with E-state index in [9.17, 15) is 0 Å². The Kier molecular flexibility index (Phi) is 5.13. The lowest BCUT2D eigenvalue weighted by atomic mass is 10.0. The average molecular weight is 263 g/mol. The molecule has 0 aromatic heterocycles. The van der Waals surface area contributed by atoms with Crippen LogP contribution in [0.2, 0.25) is 0 Å². The largest absolute Gasteiger partial charge is 0.327 e. The Morgan fingerprint density at radius 2 is 2.06 bits per heavy atom. The number of aryl methyl sites for hydroxylation is 1. The lowest BCUT2D eigenvalue weighted by molar-refractivity contribution is 0.618. The van der Waals surface area contributed by atoms with E-state index in [2.05, 4.69) is 49.9 Å². The summed E-state index contributed by atoms with van der Waals surface area (Å²) in [6.45, 7) is 4.29. The van der Waals surface area contributed by atoms with Crippen molar-refractivity contribution in [2.45, 2.75) is 50.8 Å². The van der Waals surface area contributed by atoms with Crippen LogP contribution in [0.5, 0.6) is 0 Å². The smallest absolute Gasteiger partial charge is 0.0445 e. The van der Waals surface area contributed by atoms with Gasteiger partial charge < -0.3 is 5.73 Å². The molecule has 1 aliphatic carbocycles. The Bertz CT molecular complexity index is 369. The van der Waals surface area contributed by atoms with Gasteiger partial charge in [-0.1, -0.05) is 42.7 Å². The molecule has 1 aliphatic rings. The number of thioether (sulfide) groups is 1. The number of hydrogen-bond acceptors (Lipinski definition) is 2. The minimum absolute atomic E-state index is 0.221. The van der Waals surface area contributed by atoms with Crippen LogP contribution >= 0.6 is 11.8 Å². The third kappa shape index (κ3) is 3.76. The molecule has 0 spiro atoms. The highest BCUT2D eigenvalue weighted by atomic mass is 32.2. The van der Waals surface area contributed by atoms with Gasteiger partial charge in [-0.05, 0) is 43.9 Å². The maximum atomic E-state index is 6.18. The molecule has 100 valence electrons. The van der Waals surface area contributed by atoms with Crippen molar-refractivity contribution in [2.24, 2.45) is 11.7 Å². The lowest BCUT2D eigenvalue weighted by Crippen LogP contribution is -2.23. The second kappa shape index (κ2) is 6.63. The highest BCUT2D eigenvalue weighted by Gasteiger charge is 2.21. The molecule has 0 amide bonds. The van der Waals surface area contributed by atoms with Crippen LogP contribution in [0.4, 0.5) is 0 Å². The molecule has 1 aromatic carbocycles. The number of rotatable bonds is 5. The molecule has 1 saturated carbocycles. The van der Waals surface area contributed by atoms with Crippen LogP contribution in [0, 0.1) is 12.8 Å². The molecular weight excluding hydrogens is 238 g/mol. The van der Waals surface area contributed by atoms with Crippen LogP contribution in [0.3, 0.4) is 0 Å². The first-order chi connectivity index (χ1) is 8.66. The van der Waals surface area contributed by atoms with Crippen LogP contribution in [0.25, 0.3) is 0 Å². The van der Waals surface area contributed by atoms with Gasteiger partial charge in [0.2, 0.25) is 0 Å². The summed E-state index contributed by atoms with van der Waals surface area (Å²) in [7, 11) is 0. The van der Waals surface area contributed by atoms with Crippen LogP contribution in [0.15, 0.2) is 24.3 Å². The number of nitrogens with two attached hydrogens (primary N) is 1. The van der Waals surface area contributed by atoms with Crippen molar-refractivity contribution in [1.29, 1.82) is 0 Å². The van der Waals surface area contributed by atoms with Crippen molar-refractivity contribution < 1.29 is 0 Å². The van der Waals surface area contributed by atoms with E-state index in [0.717, 1.165) is 5.92 Å². The van der Waals surface area contributed by atoms with Crippen molar-refractivity contribution in [2.75, 3.05) is 5.75 Å². The van der Waals surface area contributed by atoms with Gasteiger partial charge in [0.25, 0.3) is 0 Å². The molecule has 1 fully saturated rings. The fourth-order valence-corrected chi connectivity index (χ4v) is 4.27. The predicted molar refractivity (Wildman–Crippen MR) is 82.0 cm³/mol. The van der Waals surface area contributed by atoms with E-state index in [1.165, 1.54) is 42.6 Å². The van der Waals surface area contributed by atoms with Crippen molar-refractivity contribution >= 4 is 11.8 Å². The van der Waals surface area contributed by atoms with E-state index < -0.39 is 0 Å². The molecule has 0 saturated heterocycles. The summed E-state index contributed by atoms with van der Waals surface area (Å²) in [5, 5.41) is 0.450. The van der Waals surface area contributed by atoms with Gasteiger partial charge in [0.05, 0.1) is 0 Å². The van der Waals surface area contributed by atoms with Crippen LogP contribution in [-0.4, -0.2) is 11.8 Å². The summed E-state index contributed by atoms with van der Waals surface area (Å²) in [5.41, 5.74) is 8.91. The van der Waals surface area contributed by atoms with Gasteiger partial charge in [0.15, 0.2) is 0 Å². The molecule has 0 heterocycles. The summed E-state index contributed by atoms with van der Waals surface area (Å²) >= 11 is 2.06. The van der Waals surface area contributed by atoms with Gasteiger partial charge in [-0.2, -0.15) is 11.8 Å². The van der Waals surface area contributed by atoms with Crippen molar-refractivity contribution in [1.82, 2.24) is 0 Å². The third-order valence-electron chi connectivity index (χ3n) is 3.83. The van der Waals surface area contributed by atoms with Gasteiger partial charge in [-0.25, -0.2) is 0 Å². The van der Waals surface area contributed by atoms with Gasteiger partial charge in [0.1, 0.15) is 0 Å². The van der Waals surface area contributed by atoms with E-state index in [0.29, 0.717) is 5.25 Å². The SMILES string of the molecule is Cc1cccc(C(SCC2CCCC2)C(C)N)c1. The van der Waals surface area contributed by atoms with Crippen molar-refractivity contribution in [3.63, 3.8) is 0 Å². The van der Waals surface area contributed by atoms with Crippen molar-refractivity contribution in [3.05, 3.63) is 35.4 Å². The minimum Gasteiger partial charge on any atom is -0.327 e. The molecule has 0 radical (unpaired) electrons. The molecule has 1 nitrogen and oxygen atoms in total. The number of hydrogen-bond donors (Lipinski definition) is 1. The molecule has 1 aromatic rings. The van der Waals surface area contributed by atoms with E-state index in [1.807, 2.05) is 0 Å². The summed E-state index contributed by atoms with van der Waals surface area (Å²) in [5.74, 6) is 2.21. The van der Waals surface area contributed by atoms with Crippen LogP contribution in [0.1, 0.15) is 49.0 Å². The normalized spacial score (nSPS) is 19.9. The van der Waals surface area contributed by atoms with Gasteiger partial charge >= 0.3 is 0 Å². The molecule has 2 unspecified atom stereocenters. The summed E-state index contributed by atoms with van der Waals surface area (Å²) < 4.78 is 0. The highest BCUT2D eigenvalue weighted by molar-refractivity contribution is 7.99. The minimum atomic E-state index is 0.221. The third-order valence-corrected chi connectivity index (χ3v) is 5.56. The first-order valence-electron chi connectivity index (χ1n) is 7.10. The Labute approximate surface area is 116 Å².